The molecule has 3 aromatic carbocycles. The van der Waals surface area contributed by atoms with Crippen LogP contribution in [0.3, 0.4) is 0 Å². The summed E-state index contributed by atoms with van der Waals surface area (Å²) in [6.07, 6.45) is 2.51. The van der Waals surface area contributed by atoms with Gasteiger partial charge in [-0.25, -0.2) is 18.8 Å². The molecule has 10 heteroatoms. The van der Waals surface area contributed by atoms with Gasteiger partial charge in [-0.2, -0.15) is 0 Å². The normalized spacial score (nSPS) is 18.2. The first-order valence-electron chi connectivity index (χ1n) is 14.3. The van der Waals surface area contributed by atoms with Crippen LogP contribution in [0.1, 0.15) is 43.7 Å². The van der Waals surface area contributed by atoms with Crippen molar-refractivity contribution in [1.82, 2.24) is 10.9 Å². The molecule has 3 N–H and O–H groups in total. The molecule has 0 saturated heterocycles. The Morgan fingerprint density at radius 1 is 0.976 bits per heavy atom. The van der Waals surface area contributed by atoms with Gasteiger partial charge in [0.1, 0.15) is 11.9 Å². The highest BCUT2D eigenvalue weighted by molar-refractivity contribution is 7.91. The van der Waals surface area contributed by atoms with Gasteiger partial charge in [0.2, 0.25) is 5.90 Å². The Morgan fingerprint density at radius 2 is 1.67 bits per heavy atom. The fraction of sp³-hybridized carbons (Fsp3) is 0.375. The van der Waals surface area contributed by atoms with E-state index in [-0.39, 0.29) is 29.6 Å². The van der Waals surface area contributed by atoms with Gasteiger partial charge in [0.05, 0.1) is 17.3 Å². The van der Waals surface area contributed by atoms with E-state index in [0.717, 1.165) is 19.3 Å². The lowest BCUT2D eigenvalue weighted by Gasteiger charge is -2.28. The van der Waals surface area contributed by atoms with Crippen molar-refractivity contribution in [3.05, 3.63) is 96.1 Å². The Hall–Kier alpha value is -3.73. The molecule has 0 radical (unpaired) electrons. The van der Waals surface area contributed by atoms with Gasteiger partial charge in [-0.05, 0) is 74.6 Å². The minimum atomic E-state index is -3.66. The van der Waals surface area contributed by atoms with Crippen LogP contribution in [0.5, 0.6) is 5.75 Å². The zero-order valence-corrected chi connectivity index (χ0v) is 24.7. The summed E-state index contributed by atoms with van der Waals surface area (Å²) in [5.74, 6) is 0.178. The molecule has 0 aliphatic carbocycles. The number of hydrogen-bond donors (Lipinski definition) is 3. The van der Waals surface area contributed by atoms with Gasteiger partial charge in [0.15, 0.2) is 15.4 Å². The van der Waals surface area contributed by atoms with Gasteiger partial charge < -0.3 is 14.6 Å². The van der Waals surface area contributed by atoms with Crippen LogP contribution in [0.4, 0.5) is 0 Å². The quantitative estimate of drug-likeness (QED) is 0.170. The first kappa shape index (κ1) is 31.2. The van der Waals surface area contributed by atoms with E-state index in [0.29, 0.717) is 30.9 Å². The van der Waals surface area contributed by atoms with E-state index in [1.807, 2.05) is 18.2 Å². The molecule has 0 bridgehead atoms. The lowest BCUT2D eigenvalue weighted by molar-refractivity contribution is -0.129. The summed E-state index contributed by atoms with van der Waals surface area (Å²) in [5, 5.41) is 8.96. The van der Waals surface area contributed by atoms with Crippen LogP contribution >= 0.6 is 0 Å². The number of hydrazine groups is 1. The fourth-order valence-corrected chi connectivity index (χ4v) is 6.11. The van der Waals surface area contributed by atoms with Crippen LogP contribution in [-0.4, -0.2) is 62.5 Å². The summed E-state index contributed by atoms with van der Waals surface area (Å²) in [7, 11) is -3.66. The highest BCUT2D eigenvalue weighted by Gasteiger charge is 2.50. The number of rotatable bonds is 16. The van der Waals surface area contributed by atoms with E-state index in [1.165, 1.54) is 5.56 Å². The van der Waals surface area contributed by atoms with E-state index < -0.39 is 27.4 Å². The molecule has 0 saturated carbocycles. The molecular formula is C32H39N3O6S. The predicted molar refractivity (Wildman–Crippen MR) is 162 cm³/mol. The molecule has 9 nitrogen and oxygen atoms in total. The topological polar surface area (TPSA) is 126 Å². The van der Waals surface area contributed by atoms with Crippen LogP contribution in [0.15, 0.2) is 94.8 Å². The average molecular weight is 594 g/mol. The molecule has 4 rings (SSSR count). The van der Waals surface area contributed by atoms with Gasteiger partial charge in [0, 0.05) is 25.1 Å². The minimum absolute atomic E-state index is 0.0489. The summed E-state index contributed by atoms with van der Waals surface area (Å²) in [6, 6.07) is 25.5. The van der Waals surface area contributed by atoms with Crippen LogP contribution < -0.4 is 15.6 Å². The molecule has 42 heavy (non-hydrogen) atoms. The number of aliphatic hydroxyl groups is 1. The average Bonchev–Trinajstić information content (AvgIpc) is 3.36. The van der Waals surface area contributed by atoms with Crippen molar-refractivity contribution in [2.24, 2.45) is 4.99 Å². The van der Waals surface area contributed by atoms with Crippen molar-refractivity contribution in [1.29, 1.82) is 0 Å². The highest BCUT2D eigenvalue weighted by atomic mass is 32.2. The Morgan fingerprint density at radius 3 is 2.36 bits per heavy atom. The molecule has 0 fully saturated rings. The van der Waals surface area contributed by atoms with Gasteiger partial charge in [-0.15, -0.1) is 0 Å². The zero-order valence-electron chi connectivity index (χ0n) is 23.9. The largest absolute Gasteiger partial charge is 0.494 e. The maximum absolute atomic E-state index is 13.7. The first-order valence-corrected chi connectivity index (χ1v) is 15.9. The molecule has 1 heterocycles. The lowest BCUT2D eigenvalue weighted by Crippen LogP contribution is -2.55. The van der Waals surface area contributed by atoms with Gasteiger partial charge in [-0.1, -0.05) is 48.5 Å². The monoisotopic (exact) mass is 593 g/mol. The molecule has 1 amide bonds. The van der Waals surface area contributed by atoms with E-state index in [9.17, 15) is 13.2 Å². The number of nitrogens with zero attached hydrogens (tertiary/aromatic N) is 1. The molecule has 224 valence electrons. The summed E-state index contributed by atoms with van der Waals surface area (Å²) < 4.78 is 38.0. The third-order valence-corrected chi connectivity index (χ3v) is 8.98. The number of carbonyl (C=O) groups is 1. The third kappa shape index (κ3) is 8.18. The van der Waals surface area contributed by atoms with Crippen molar-refractivity contribution in [2.45, 2.75) is 55.6 Å². The molecule has 0 aromatic heterocycles. The van der Waals surface area contributed by atoms with Crippen molar-refractivity contribution < 1.29 is 27.8 Å². The van der Waals surface area contributed by atoms with Gasteiger partial charge in [-0.3, -0.25) is 10.2 Å². The van der Waals surface area contributed by atoms with Crippen molar-refractivity contribution in [3.8, 4) is 5.75 Å². The molecule has 0 unspecified atom stereocenters. The Labute approximate surface area is 247 Å². The number of unbranched alkanes of at least 4 members (excludes halogenated alkanes) is 1. The summed E-state index contributed by atoms with van der Waals surface area (Å²) >= 11 is 0. The lowest BCUT2D eigenvalue weighted by atomic mass is 9.90. The number of nitrogens with one attached hydrogen (secondary N) is 2. The number of aliphatic imine (C=N–C) groups is 1. The molecule has 0 spiro atoms. The van der Waals surface area contributed by atoms with Crippen molar-refractivity contribution >= 4 is 21.6 Å². The molecule has 2 atom stereocenters. The van der Waals surface area contributed by atoms with Crippen molar-refractivity contribution in [2.75, 3.05) is 25.5 Å². The number of carbonyl (C=O) groups excluding carboxylic acids is 1. The van der Waals surface area contributed by atoms with Crippen LogP contribution in [0.25, 0.3) is 0 Å². The predicted octanol–water partition coefficient (Wildman–Crippen LogP) is 3.86. The first-order chi connectivity index (χ1) is 20.3. The second-order valence-electron chi connectivity index (χ2n) is 10.3. The van der Waals surface area contributed by atoms with Gasteiger partial charge in [0.25, 0.3) is 5.91 Å². The van der Waals surface area contributed by atoms with Gasteiger partial charge >= 0.3 is 0 Å². The summed E-state index contributed by atoms with van der Waals surface area (Å²) in [5.41, 5.74) is 6.23. The zero-order chi connectivity index (χ0) is 29.8. The Bertz CT molecular complexity index is 1420. The number of sulfone groups is 1. The summed E-state index contributed by atoms with van der Waals surface area (Å²) in [4.78, 5) is 18.6. The Kier molecular flexibility index (Phi) is 11.1. The standard InChI is InChI=1S/C32H39N3O6S/c1-25-32(20-24-42(38,39)29-14-6-3-7-15-29,31(37)35-33-21-9-8-13-26-11-4-2-5-12-26)34-30(41-25)27-16-18-28(19-17-27)40-23-10-22-36/h2-7,11-12,14-19,25,33,36H,8-10,13,20-24H2,1H3,(H,35,37)/t25-,32-/m0/s1. The highest BCUT2D eigenvalue weighted by Crippen LogP contribution is 2.33. The minimum Gasteiger partial charge on any atom is -0.494 e. The van der Waals surface area contributed by atoms with E-state index in [2.05, 4.69) is 23.0 Å². The molecular weight excluding hydrogens is 554 g/mol. The van der Waals surface area contributed by atoms with E-state index >= 15 is 0 Å². The summed E-state index contributed by atoms with van der Waals surface area (Å²) in [6.45, 7) is 2.73. The van der Waals surface area contributed by atoms with E-state index in [1.54, 1.807) is 61.5 Å². The SMILES string of the molecule is C[C@@H]1OC(c2ccc(OCCCO)cc2)=N[C@]1(CCS(=O)(=O)c1ccccc1)C(=O)NNCCCCc1ccccc1. The van der Waals surface area contributed by atoms with Crippen LogP contribution in [0.2, 0.25) is 0 Å². The smallest absolute Gasteiger partial charge is 0.266 e. The van der Waals surface area contributed by atoms with Crippen molar-refractivity contribution in [3.63, 3.8) is 0 Å². The number of aryl methyl sites for hydroxylation is 1. The molecule has 1 aliphatic rings. The number of benzene rings is 3. The van der Waals surface area contributed by atoms with Crippen LogP contribution in [-0.2, 0) is 25.8 Å². The maximum atomic E-state index is 13.7. The van der Waals surface area contributed by atoms with E-state index in [4.69, 9.17) is 19.6 Å². The second-order valence-corrected chi connectivity index (χ2v) is 12.4. The maximum Gasteiger partial charge on any atom is 0.266 e. The van der Waals surface area contributed by atoms with Crippen LogP contribution in [0, 0.1) is 0 Å². The Balaban J connectivity index is 1.46. The number of aliphatic hydroxyl groups excluding tert-OH is 1. The number of ether oxygens (including phenoxy) is 2. The third-order valence-electron chi connectivity index (χ3n) is 7.24. The second kappa shape index (κ2) is 14.9. The number of hydrogen-bond acceptors (Lipinski definition) is 8. The fourth-order valence-electron chi connectivity index (χ4n) is 4.73. The molecule has 1 aliphatic heterocycles. The molecule has 3 aromatic rings. The number of amides is 1.